The van der Waals surface area contributed by atoms with Crippen molar-refractivity contribution in [3.8, 4) is 11.1 Å². The molecule has 22 heavy (non-hydrogen) atoms. The Kier molecular flexibility index (Phi) is 2.63. The second-order valence-corrected chi connectivity index (χ2v) is 5.25. The fraction of sp³-hybridized carbons (Fsp3) is 0.118. The first-order valence-electron chi connectivity index (χ1n) is 7.01. The Morgan fingerprint density at radius 3 is 2.45 bits per heavy atom. The summed E-state index contributed by atoms with van der Waals surface area (Å²) in [6.45, 7) is 1.29. The molecule has 1 aliphatic carbocycles. The van der Waals surface area contributed by atoms with E-state index in [4.69, 9.17) is 0 Å². The standard InChI is InChI=1S/C17H12N2O3/c20-15-11-4-2-1-3-9(11)10-5-6-12(16-18-7-8-19-16)14(13(10)15)17(21)22/h1-6H,7-8H2,(H,18,19)(H,21,22). The lowest BCUT2D eigenvalue weighted by molar-refractivity contribution is 0.0693. The number of fused-ring (bicyclic) bond motifs is 3. The minimum atomic E-state index is -1.11. The molecule has 0 aromatic heterocycles. The van der Waals surface area contributed by atoms with Crippen LogP contribution in [0.3, 0.4) is 0 Å². The smallest absolute Gasteiger partial charge is 0.337 e. The highest BCUT2D eigenvalue weighted by molar-refractivity contribution is 6.27. The van der Waals surface area contributed by atoms with Crippen LogP contribution in [-0.4, -0.2) is 35.8 Å². The van der Waals surface area contributed by atoms with E-state index in [0.29, 0.717) is 35.6 Å². The van der Waals surface area contributed by atoms with Crippen molar-refractivity contribution in [1.29, 1.82) is 0 Å². The quantitative estimate of drug-likeness (QED) is 0.756. The van der Waals surface area contributed by atoms with Crippen LogP contribution in [0.2, 0.25) is 0 Å². The summed E-state index contributed by atoms with van der Waals surface area (Å²) in [4.78, 5) is 28.7. The summed E-state index contributed by atoms with van der Waals surface area (Å²) < 4.78 is 0. The lowest BCUT2D eigenvalue weighted by atomic mass is 9.95. The van der Waals surface area contributed by atoms with Gasteiger partial charge in [0.1, 0.15) is 5.84 Å². The van der Waals surface area contributed by atoms with Crippen molar-refractivity contribution >= 4 is 17.6 Å². The number of aromatic carboxylic acids is 1. The van der Waals surface area contributed by atoms with Gasteiger partial charge in [-0.3, -0.25) is 9.79 Å². The van der Waals surface area contributed by atoms with Crippen LogP contribution < -0.4 is 5.32 Å². The largest absolute Gasteiger partial charge is 0.478 e. The number of benzene rings is 2. The summed E-state index contributed by atoms with van der Waals surface area (Å²) in [7, 11) is 0. The fourth-order valence-electron chi connectivity index (χ4n) is 3.11. The molecule has 0 atom stereocenters. The van der Waals surface area contributed by atoms with E-state index in [1.807, 2.05) is 18.2 Å². The van der Waals surface area contributed by atoms with Crippen molar-refractivity contribution in [1.82, 2.24) is 5.32 Å². The number of hydrogen-bond acceptors (Lipinski definition) is 4. The van der Waals surface area contributed by atoms with Gasteiger partial charge in [0.05, 0.1) is 12.1 Å². The Morgan fingerprint density at radius 1 is 1.05 bits per heavy atom. The molecule has 0 unspecified atom stereocenters. The first kappa shape index (κ1) is 12.8. The SMILES string of the molecule is O=C(O)c1c(C2=NCCN2)ccc2c1C(=O)c1ccccc1-2. The first-order valence-corrected chi connectivity index (χ1v) is 7.01. The number of carboxylic acid groups (broad SMARTS) is 1. The van der Waals surface area contributed by atoms with Crippen LogP contribution in [0.25, 0.3) is 11.1 Å². The van der Waals surface area contributed by atoms with Crippen molar-refractivity contribution in [3.05, 3.63) is 58.7 Å². The molecule has 2 N–H and O–H groups in total. The summed E-state index contributed by atoms with van der Waals surface area (Å²) in [6, 6.07) is 10.7. The van der Waals surface area contributed by atoms with Crippen LogP contribution in [0.15, 0.2) is 41.4 Å². The molecule has 108 valence electrons. The van der Waals surface area contributed by atoms with E-state index in [0.717, 1.165) is 5.56 Å². The Labute approximate surface area is 126 Å². The minimum absolute atomic E-state index is 0.0341. The van der Waals surface area contributed by atoms with Crippen molar-refractivity contribution in [2.75, 3.05) is 13.1 Å². The summed E-state index contributed by atoms with van der Waals surface area (Å²) in [5.74, 6) is -0.795. The zero-order chi connectivity index (χ0) is 15.3. The maximum atomic E-state index is 12.7. The molecule has 5 nitrogen and oxygen atoms in total. The average Bonchev–Trinajstić information content (AvgIpc) is 3.15. The van der Waals surface area contributed by atoms with E-state index >= 15 is 0 Å². The van der Waals surface area contributed by atoms with E-state index in [2.05, 4.69) is 10.3 Å². The summed E-state index contributed by atoms with van der Waals surface area (Å²) >= 11 is 0. The van der Waals surface area contributed by atoms with Gasteiger partial charge in [-0.05, 0) is 17.2 Å². The summed E-state index contributed by atoms with van der Waals surface area (Å²) in [5, 5.41) is 12.7. The highest BCUT2D eigenvalue weighted by atomic mass is 16.4. The monoisotopic (exact) mass is 292 g/mol. The maximum absolute atomic E-state index is 12.7. The second-order valence-electron chi connectivity index (χ2n) is 5.25. The first-order chi connectivity index (χ1) is 10.7. The number of hydrogen-bond donors (Lipinski definition) is 2. The van der Waals surface area contributed by atoms with Gasteiger partial charge in [0.25, 0.3) is 0 Å². The molecule has 0 saturated heterocycles. The molecule has 0 amide bonds. The number of carboxylic acids is 1. The van der Waals surface area contributed by atoms with Crippen LogP contribution in [0.1, 0.15) is 31.8 Å². The third kappa shape index (κ3) is 1.62. The zero-order valence-electron chi connectivity index (χ0n) is 11.6. The van der Waals surface area contributed by atoms with Gasteiger partial charge in [0, 0.05) is 23.2 Å². The van der Waals surface area contributed by atoms with Crippen LogP contribution in [0.4, 0.5) is 0 Å². The summed E-state index contributed by atoms with van der Waals surface area (Å²) in [6.07, 6.45) is 0. The molecule has 0 bridgehead atoms. The average molecular weight is 292 g/mol. The van der Waals surface area contributed by atoms with E-state index in [1.54, 1.807) is 18.2 Å². The predicted octanol–water partition coefficient (Wildman–Crippen LogP) is 1.95. The van der Waals surface area contributed by atoms with Gasteiger partial charge < -0.3 is 10.4 Å². The van der Waals surface area contributed by atoms with Gasteiger partial charge in [-0.1, -0.05) is 30.3 Å². The van der Waals surface area contributed by atoms with E-state index in [1.165, 1.54) is 0 Å². The van der Waals surface area contributed by atoms with Gasteiger partial charge in [0.15, 0.2) is 5.78 Å². The number of nitrogens with one attached hydrogen (secondary N) is 1. The Balaban J connectivity index is 2.02. The zero-order valence-corrected chi connectivity index (χ0v) is 11.6. The lowest BCUT2D eigenvalue weighted by Gasteiger charge is -2.11. The fourth-order valence-corrected chi connectivity index (χ4v) is 3.11. The normalized spacial score (nSPS) is 15.1. The van der Waals surface area contributed by atoms with Crippen molar-refractivity contribution in [2.24, 2.45) is 4.99 Å². The van der Waals surface area contributed by atoms with E-state index in [9.17, 15) is 14.7 Å². The van der Waals surface area contributed by atoms with E-state index < -0.39 is 5.97 Å². The lowest BCUT2D eigenvalue weighted by Crippen LogP contribution is -2.23. The number of carbonyl (C=O) groups excluding carboxylic acids is 1. The third-order valence-corrected chi connectivity index (χ3v) is 4.04. The van der Waals surface area contributed by atoms with Gasteiger partial charge in [-0.15, -0.1) is 0 Å². The molecular weight excluding hydrogens is 280 g/mol. The van der Waals surface area contributed by atoms with Crippen LogP contribution in [-0.2, 0) is 0 Å². The molecule has 0 saturated carbocycles. The topological polar surface area (TPSA) is 78.8 Å². The Bertz CT molecular complexity index is 868. The molecular formula is C17H12N2O3. The number of carbonyl (C=O) groups is 2. The third-order valence-electron chi connectivity index (χ3n) is 4.04. The van der Waals surface area contributed by atoms with Crippen molar-refractivity contribution in [2.45, 2.75) is 0 Å². The number of aliphatic imine (C=N–C) groups is 1. The Morgan fingerprint density at radius 2 is 1.77 bits per heavy atom. The molecule has 2 aromatic carbocycles. The summed E-state index contributed by atoms with van der Waals surface area (Å²) in [5.41, 5.74) is 2.80. The van der Waals surface area contributed by atoms with Gasteiger partial charge in [-0.2, -0.15) is 0 Å². The molecule has 2 aromatic rings. The molecule has 0 fully saturated rings. The van der Waals surface area contributed by atoms with Crippen molar-refractivity contribution < 1.29 is 14.7 Å². The number of ketones is 1. The van der Waals surface area contributed by atoms with Crippen molar-refractivity contribution in [3.63, 3.8) is 0 Å². The van der Waals surface area contributed by atoms with Gasteiger partial charge in [-0.25, -0.2) is 4.79 Å². The van der Waals surface area contributed by atoms with Gasteiger partial charge in [0.2, 0.25) is 0 Å². The molecule has 5 heteroatoms. The predicted molar refractivity (Wildman–Crippen MR) is 81.7 cm³/mol. The molecule has 1 heterocycles. The number of rotatable bonds is 2. The highest BCUT2D eigenvalue weighted by Crippen LogP contribution is 2.39. The van der Waals surface area contributed by atoms with Crippen LogP contribution in [0, 0.1) is 0 Å². The Hall–Kier alpha value is -2.95. The molecule has 2 aliphatic rings. The molecule has 0 spiro atoms. The number of amidine groups is 1. The maximum Gasteiger partial charge on any atom is 0.337 e. The van der Waals surface area contributed by atoms with Crippen LogP contribution in [0.5, 0.6) is 0 Å². The number of nitrogens with zero attached hydrogens (tertiary/aromatic N) is 1. The van der Waals surface area contributed by atoms with Gasteiger partial charge >= 0.3 is 5.97 Å². The van der Waals surface area contributed by atoms with E-state index in [-0.39, 0.29) is 16.9 Å². The minimum Gasteiger partial charge on any atom is -0.478 e. The second kappa shape index (κ2) is 4.53. The van der Waals surface area contributed by atoms with Crippen LogP contribution >= 0.6 is 0 Å². The molecule has 1 aliphatic heterocycles. The highest BCUT2D eigenvalue weighted by Gasteiger charge is 2.33. The molecule has 0 radical (unpaired) electrons. The molecule has 4 rings (SSSR count).